The van der Waals surface area contributed by atoms with Gasteiger partial charge in [-0.25, -0.2) is 13.4 Å². The lowest BCUT2D eigenvalue weighted by atomic mass is 10.2. The highest BCUT2D eigenvalue weighted by Crippen LogP contribution is 2.32. The number of para-hydroxylation sites is 2. The van der Waals surface area contributed by atoms with Crippen LogP contribution in [-0.4, -0.2) is 48.0 Å². The first kappa shape index (κ1) is 17.1. The summed E-state index contributed by atoms with van der Waals surface area (Å²) in [5.41, 5.74) is 1.62. The SMILES string of the molecule is O=C(c1cnc2ccccc2n1)N1CC[C@@H](c2cccs2)S(=O)(=O)CC1. The van der Waals surface area contributed by atoms with E-state index in [0.29, 0.717) is 18.5 Å². The first-order valence-corrected chi connectivity index (χ1v) is 10.9. The van der Waals surface area contributed by atoms with Gasteiger partial charge in [0.05, 0.1) is 28.2 Å². The molecule has 1 saturated heterocycles. The highest BCUT2D eigenvalue weighted by atomic mass is 32.2. The quantitative estimate of drug-likeness (QED) is 0.675. The van der Waals surface area contributed by atoms with Crippen LogP contribution in [0.1, 0.15) is 27.0 Å². The molecule has 0 aliphatic carbocycles. The number of carbonyl (C=O) groups excluding carboxylic acids is 1. The second kappa shape index (κ2) is 6.77. The summed E-state index contributed by atoms with van der Waals surface area (Å²) < 4.78 is 25.2. The monoisotopic (exact) mass is 387 g/mol. The van der Waals surface area contributed by atoms with Crippen LogP contribution in [0.2, 0.25) is 0 Å². The molecule has 1 amide bonds. The number of benzene rings is 1. The smallest absolute Gasteiger partial charge is 0.274 e. The Morgan fingerprint density at radius 1 is 1.12 bits per heavy atom. The maximum Gasteiger partial charge on any atom is 0.274 e. The lowest BCUT2D eigenvalue weighted by molar-refractivity contribution is 0.0761. The molecule has 3 aromatic rings. The van der Waals surface area contributed by atoms with E-state index in [1.54, 1.807) is 11.0 Å². The molecule has 2 aromatic heterocycles. The Balaban J connectivity index is 1.59. The number of carbonyl (C=O) groups is 1. The minimum absolute atomic E-state index is 0.0394. The topological polar surface area (TPSA) is 80.2 Å². The maximum absolute atomic E-state index is 12.8. The molecule has 6 nitrogen and oxygen atoms in total. The number of nitrogens with zero attached hydrogens (tertiary/aromatic N) is 3. The Bertz CT molecular complexity index is 1050. The van der Waals surface area contributed by atoms with Crippen molar-refractivity contribution in [2.45, 2.75) is 11.7 Å². The van der Waals surface area contributed by atoms with Crippen molar-refractivity contribution >= 4 is 38.1 Å². The summed E-state index contributed by atoms with van der Waals surface area (Å²) in [6.45, 7) is 0.562. The standard InChI is InChI=1S/C18H17N3O3S2/c22-18(15-12-19-13-4-1-2-5-14(13)20-15)21-8-7-17(16-6-3-10-25-16)26(23,24)11-9-21/h1-6,10,12,17H,7-9,11H2/t17-/m0/s1. The molecule has 3 heterocycles. The van der Waals surface area contributed by atoms with Gasteiger partial charge in [-0.3, -0.25) is 9.78 Å². The Kier molecular flexibility index (Phi) is 4.46. The maximum atomic E-state index is 12.8. The fourth-order valence-corrected chi connectivity index (χ4v) is 6.17. The van der Waals surface area contributed by atoms with Crippen molar-refractivity contribution in [3.63, 3.8) is 0 Å². The van der Waals surface area contributed by atoms with Crippen LogP contribution < -0.4 is 0 Å². The predicted molar refractivity (Wildman–Crippen MR) is 101 cm³/mol. The minimum Gasteiger partial charge on any atom is -0.336 e. The molecule has 1 aromatic carbocycles. The van der Waals surface area contributed by atoms with Gasteiger partial charge in [0.2, 0.25) is 0 Å². The van der Waals surface area contributed by atoms with Crippen LogP contribution in [0.4, 0.5) is 0 Å². The molecule has 134 valence electrons. The number of aromatic nitrogens is 2. The highest BCUT2D eigenvalue weighted by Gasteiger charge is 2.33. The van der Waals surface area contributed by atoms with Gasteiger partial charge >= 0.3 is 0 Å². The molecule has 0 bridgehead atoms. The van der Waals surface area contributed by atoms with Gasteiger partial charge in [0.1, 0.15) is 5.69 Å². The third-order valence-corrected chi connectivity index (χ3v) is 7.80. The zero-order valence-corrected chi connectivity index (χ0v) is 15.5. The molecular weight excluding hydrogens is 370 g/mol. The van der Waals surface area contributed by atoms with Gasteiger partial charge in [-0.15, -0.1) is 11.3 Å². The molecule has 0 spiro atoms. The predicted octanol–water partition coefficient (Wildman–Crippen LogP) is 2.69. The molecule has 0 unspecified atom stereocenters. The fourth-order valence-electron chi connectivity index (χ4n) is 3.16. The molecule has 1 aliphatic heterocycles. The van der Waals surface area contributed by atoms with Gasteiger partial charge < -0.3 is 4.90 Å². The lowest BCUT2D eigenvalue weighted by Gasteiger charge is -2.19. The number of thiophene rings is 1. The average Bonchev–Trinajstić information content (AvgIpc) is 3.12. The molecule has 1 fully saturated rings. The number of rotatable bonds is 2. The molecule has 0 saturated carbocycles. The van der Waals surface area contributed by atoms with Gasteiger partial charge in [0, 0.05) is 18.0 Å². The van der Waals surface area contributed by atoms with Crippen molar-refractivity contribution in [1.82, 2.24) is 14.9 Å². The van der Waals surface area contributed by atoms with Crippen molar-refractivity contribution in [3.05, 3.63) is 58.5 Å². The van der Waals surface area contributed by atoms with Crippen LogP contribution in [0.15, 0.2) is 48.0 Å². The van der Waals surface area contributed by atoms with Gasteiger partial charge in [-0.05, 0) is 30.0 Å². The average molecular weight is 387 g/mol. The van der Waals surface area contributed by atoms with Gasteiger partial charge in [-0.2, -0.15) is 0 Å². The van der Waals surface area contributed by atoms with E-state index in [9.17, 15) is 13.2 Å². The molecule has 26 heavy (non-hydrogen) atoms. The van der Waals surface area contributed by atoms with E-state index in [-0.39, 0.29) is 23.9 Å². The molecule has 0 N–H and O–H groups in total. The number of hydrogen-bond donors (Lipinski definition) is 0. The van der Waals surface area contributed by atoms with E-state index in [1.807, 2.05) is 35.7 Å². The normalized spacial score (nSPS) is 20.0. The molecule has 8 heteroatoms. The van der Waals surface area contributed by atoms with E-state index in [2.05, 4.69) is 9.97 Å². The first-order chi connectivity index (χ1) is 12.5. The van der Waals surface area contributed by atoms with Crippen molar-refractivity contribution in [3.8, 4) is 0 Å². The third-order valence-electron chi connectivity index (χ3n) is 4.56. The Morgan fingerprint density at radius 2 is 1.92 bits per heavy atom. The van der Waals surface area contributed by atoms with E-state index >= 15 is 0 Å². The van der Waals surface area contributed by atoms with Crippen molar-refractivity contribution < 1.29 is 13.2 Å². The molecule has 4 rings (SSSR count). The number of hydrogen-bond acceptors (Lipinski definition) is 6. The van der Waals surface area contributed by atoms with Gasteiger partial charge in [-0.1, -0.05) is 18.2 Å². The van der Waals surface area contributed by atoms with Crippen molar-refractivity contribution in [2.24, 2.45) is 0 Å². The van der Waals surface area contributed by atoms with Crippen LogP contribution in [0, 0.1) is 0 Å². The van der Waals surface area contributed by atoms with E-state index in [0.717, 1.165) is 10.4 Å². The Labute approximate surface area is 155 Å². The van der Waals surface area contributed by atoms with E-state index < -0.39 is 15.1 Å². The van der Waals surface area contributed by atoms with Crippen molar-refractivity contribution in [1.29, 1.82) is 0 Å². The molecular formula is C18H17N3O3S2. The molecule has 1 aliphatic rings. The Hall–Kier alpha value is -2.32. The first-order valence-electron chi connectivity index (χ1n) is 8.31. The number of sulfone groups is 1. The van der Waals surface area contributed by atoms with E-state index in [4.69, 9.17) is 0 Å². The second-order valence-corrected chi connectivity index (χ2v) is 9.48. The van der Waals surface area contributed by atoms with Gasteiger partial charge in [0.25, 0.3) is 5.91 Å². The highest BCUT2D eigenvalue weighted by molar-refractivity contribution is 7.91. The Morgan fingerprint density at radius 3 is 2.69 bits per heavy atom. The summed E-state index contributed by atoms with van der Waals surface area (Å²) in [5, 5.41) is 1.34. The van der Waals surface area contributed by atoms with Crippen LogP contribution in [0.3, 0.4) is 0 Å². The molecule has 0 radical (unpaired) electrons. The number of amides is 1. The minimum atomic E-state index is -3.29. The fraction of sp³-hybridized carbons (Fsp3) is 0.278. The molecule has 1 atom stereocenters. The van der Waals surface area contributed by atoms with Crippen LogP contribution in [0.25, 0.3) is 11.0 Å². The lowest BCUT2D eigenvalue weighted by Crippen LogP contribution is -2.34. The van der Waals surface area contributed by atoms with Crippen LogP contribution in [0.5, 0.6) is 0 Å². The van der Waals surface area contributed by atoms with Crippen LogP contribution in [-0.2, 0) is 9.84 Å². The zero-order valence-electron chi connectivity index (χ0n) is 13.9. The summed E-state index contributed by atoms with van der Waals surface area (Å²) in [6.07, 6.45) is 1.86. The van der Waals surface area contributed by atoms with Crippen molar-refractivity contribution in [2.75, 3.05) is 18.8 Å². The summed E-state index contributed by atoms with van der Waals surface area (Å²) >= 11 is 1.44. The number of fused-ring (bicyclic) bond motifs is 1. The largest absolute Gasteiger partial charge is 0.336 e. The van der Waals surface area contributed by atoms with Gasteiger partial charge in [0.15, 0.2) is 9.84 Å². The summed E-state index contributed by atoms with van der Waals surface area (Å²) in [5.74, 6) is -0.312. The van der Waals surface area contributed by atoms with Crippen LogP contribution >= 0.6 is 11.3 Å². The summed E-state index contributed by atoms with van der Waals surface area (Å²) in [7, 11) is -3.29. The van der Waals surface area contributed by atoms with E-state index in [1.165, 1.54) is 17.5 Å². The second-order valence-electron chi connectivity index (χ2n) is 6.20. The summed E-state index contributed by atoms with van der Waals surface area (Å²) in [6, 6.07) is 11.0. The zero-order chi connectivity index (χ0) is 18.1. The third kappa shape index (κ3) is 3.22. The summed E-state index contributed by atoms with van der Waals surface area (Å²) in [4.78, 5) is 23.9.